The maximum atomic E-state index is 13.6. The normalized spacial score (nSPS) is 30.0. The van der Waals surface area contributed by atoms with Crippen LogP contribution < -0.4 is 4.90 Å². The summed E-state index contributed by atoms with van der Waals surface area (Å²) in [4.78, 5) is 33.8. The highest BCUT2D eigenvalue weighted by Crippen LogP contribution is 2.46. The number of carbonyl (C=O) groups is 2. The van der Waals surface area contributed by atoms with Gasteiger partial charge in [0.25, 0.3) is 15.7 Å². The van der Waals surface area contributed by atoms with Crippen molar-refractivity contribution < 1.29 is 22.5 Å². The average molecular weight is 539 g/mol. The second-order valence-corrected chi connectivity index (χ2v) is 10.9. The number of nitrogens with zero attached hydrogens (tertiary/aromatic N) is 6. The van der Waals surface area contributed by atoms with Crippen LogP contribution in [-0.4, -0.2) is 70.5 Å². The van der Waals surface area contributed by atoms with Gasteiger partial charge in [0.05, 0.1) is 30.7 Å². The van der Waals surface area contributed by atoms with Gasteiger partial charge in [-0.15, -0.1) is 0 Å². The maximum Gasteiger partial charge on any atom is 0.433 e. The lowest BCUT2D eigenvalue weighted by Gasteiger charge is -2.32. The van der Waals surface area contributed by atoms with Crippen LogP contribution in [0.5, 0.6) is 0 Å². The summed E-state index contributed by atoms with van der Waals surface area (Å²) >= 11 is 1.98. The topological polar surface area (TPSA) is 116 Å². The number of hydrogen-bond acceptors (Lipinski definition) is 7. The fraction of sp³-hybridized carbons (Fsp3) is 0.333. The molecule has 2 aromatic rings. The Hall–Kier alpha value is -2.34. The lowest BCUT2D eigenvalue weighted by molar-refractivity contribution is -0.848. The molecule has 0 radical (unpaired) electrons. The molecule has 1 aromatic carbocycles. The van der Waals surface area contributed by atoms with Crippen LogP contribution in [-0.2, 0) is 21.7 Å². The highest BCUT2D eigenvalue weighted by atomic mass is 127. The number of nitriles is 1. The number of halogens is 1. The van der Waals surface area contributed by atoms with E-state index >= 15 is 0 Å². The zero-order valence-electron chi connectivity index (χ0n) is 15.8. The van der Waals surface area contributed by atoms with Crippen LogP contribution in [0.25, 0.3) is 0 Å². The quantitative estimate of drug-likeness (QED) is 0.319. The Morgan fingerprint density at radius 1 is 1.30 bits per heavy atom. The smallest absolute Gasteiger partial charge is 0.339 e. The van der Waals surface area contributed by atoms with E-state index in [-0.39, 0.29) is 18.2 Å². The van der Waals surface area contributed by atoms with Crippen molar-refractivity contribution in [2.75, 3.05) is 24.7 Å². The van der Waals surface area contributed by atoms with Gasteiger partial charge in [0.2, 0.25) is 5.37 Å². The number of anilines is 1. The van der Waals surface area contributed by atoms with Crippen molar-refractivity contribution in [3.05, 3.63) is 39.9 Å². The summed E-state index contributed by atoms with van der Waals surface area (Å²) in [5.74, 6) is -0.413. The van der Waals surface area contributed by atoms with Crippen molar-refractivity contribution in [3.63, 3.8) is 0 Å². The first kappa shape index (κ1) is 19.6. The Morgan fingerprint density at radius 3 is 2.70 bits per heavy atom. The van der Waals surface area contributed by atoms with Crippen molar-refractivity contribution in [2.24, 2.45) is 7.05 Å². The first-order valence-electron chi connectivity index (χ1n) is 9.10. The monoisotopic (exact) mass is 539 g/mol. The Balaban J connectivity index is 1.60. The molecule has 3 saturated heterocycles. The van der Waals surface area contributed by atoms with Crippen LogP contribution >= 0.6 is 22.6 Å². The number of piperazine rings is 1. The first-order valence-corrected chi connectivity index (χ1v) is 11.7. The Bertz CT molecular complexity index is 1270. The van der Waals surface area contributed by atoms with Crippen molar-refractivity contribution in [1.29, 1.82) is 5.26 Å². The number of benzene rings is 1. The molecule has 0 aliphatic carbocycles. The Kier molecular flexibility index (Phi) is 4.14. The molecule has 3 fully saturated rings. The fourth-order valence-corrected chi connectivity index (χ4v) is 7.29. The number of quaternary nitrogens is 1. The summed E-state index contributed by atoms with van der Waals surface area (Å²) in [6.45, 7) is 0.686. The molecule has 4 atom stereocenters. The number of imide groups is 1. The fourth-order valence-electron chi connectivity index (χ4n) is 4.68. The minimum atomic E-state index is -3.94. The van der Waals surface area contributed by atoms with E-state index in [9.17, 15) is 18.0 Å². The second kappa shape index (κ2) is 6.33. The predicted octanol–water partition coefficient (Wildman–Crippen LogP) is 0.635. The molecule has 0 saturated carbocycles. The molecule has 3 aliphatic rings. The van der Waals surface area contributed by atoms with Crippen LogP contribution in [0.1, 0.15) is 5.56 Å². The van der Waals surface area contributed by atoms with E-state index in [0.717, 1.165) is 4.90 Å². The number of hydrogen-bond donors (Lipinski definition) is 0. The summed E-state index contributed by atoms with van der Waals surface area (Å²) in [6, 6.07) is 5.44. The van der Waals surface area contributed by atoms with E-state index in [1.54, 1.807) is 25.2 Å². The van der Waals surface area contributed by atoms with Gasteiger partial charge < -0.3 is 4.57 Å². The van der Waals surface area contributed by atoms with Crippen LogP contribution in [0.3, 0.4) is 0 Å². The highest BCUT2D eigenvalue weighted by molar-refractivity contribution is 14.1. The molecule has 1 aromatic heterocycles. The van der Waals surface area contributed by atoms with Gasteiger partial charge in [0.1, 0.15) is 12.7 Å². The van der Waals surface area contributed by atoms with Crippen LogP contribution in [0.4, 0.5) is 10.5 Å². The third-order valence-electron chi connectivity index (χ3n) is 6.06. The van der Waals surface area contributed by atoms with Gasteiger partial charge >= 0.3 is 6.03 Å². The molecule has 1 spiro atoms. The maximum absolute atomic E-state index is 13.6. The average Bonchev–Trinajstić information content (AvgIpc) is 3.44. The molecular formula is C18H16IN6O4S+. The van der Waals surface area contributed by atoms with E-state index in [1.165, 1.54) is 17.1 Å². The van der Waals surface area contributed by atoms with Gasteiger partial charge in [-0.1, -0.05) is 0 Å². The third kappa shape index (κ3) is 2.40. The summed E-state index contributed by atoms with van der Waals surface area (Å²) in [5, 5.41) is 7.96. The molecule has 3 aliphatic heterocycles. The van der Waals surface area contributed by atoms with Gasteiger partial charge in [-0.3, -0.25) is 4.79 Å². The summed E-state index contributed by atoms with van der Waals surface area (Å²) < 4.78 is 28.4. The molecule has 2 bridgehead atoms. The largest absolute Gasteiger partial charge is 0.433 e. The third-order valence-corrected chi connectivity index (χ3v) is 8.99. The van der Waals surface area contributed by atoms with E-state index in [2.05, 4.69) is 11.1 Å². The van der Waals surface area contributed by atoms with Gasteiger partial charge in [-0.2, -0.15) is 14.6 Å². The molecule has 3 amide bonds. The Labute approximate surface area is 185 Å². The number of imidazole rings is 1. The van der Waals surface area contributed by atoms with E-state index in [1.807, 2.05) is 27.5 Å². The number of aryl methyl sites for hydroxylation is 1. The van der Waals surface area contributed by atoms with Crippen LogP contribution in [0.2, 0.25) is 0 Å². The lowest BCUT2D eigenvalue weighted by atomic mass is 10.2. The summed E-state index contributed by atoms with van der Waals surface area (Å²) in [5.41, 5.74) is 0.789. The first-order chi connectivity index (χ1) is 14.2. The number of fused-ring (bicyclic) bond motifs is 1. The molecule has 12 heteroatoms. The minimum absolute atomic E-state index is 0.0957. The summed E-state index contributed by atoms with van der Waals surface area (Å²) in [7, 11) is -2.27. The van der Waals surface area contributed by atoms with E-state index in [4.69, 9.17) is 5.26 Å². The minimum Gasteiger partial charge on any atom is -0.339 e. The zero-order valence-corrected chi connectivity index (χ0v) is 18.7. The standard InChI is InChI=1S/C18H16IN6O4S/c1-22-7-15(21-9-22)30(28,29)16-8-23-6-14-17(26)24(18(27)25(14,16)10-23)12-3-2-11(5-20)13(19)4-12/h2-4,7,9,14,16H,6,8,10H2,1H3/q+1. The van der Waals surface area contributed by atoms with E-state index < -0.39 is 37.7 Å². The zero-order chi connectivity index (χ0) is 21.4. The number of sulfone groups is 1. The SMILES string of the molecule is Cn1cnc(S(=O)(=O)C2C[N@]3CC4C(=O)N(c5ccc(C#N)c(I)c5)C(=O)[N+]42C3)c1. The predicted molar refractivity (Wildman–Crippen MR) is 111 cm³/mol. The van der Waals surface area contributed by atoms with Crippen molar-refractivity contribution in [3.8, 4) is 6.07 Å². The van der Waals surface area contributed by atoms with Gasteiger partial charge in [0, 0.05) is 16.8 Å². The molecule has 154 valence electrons. The molecule has 5 rings (SSSR count). The van der Waals surface area contributed by atoms with Crippen LogP contribution in [0.15, 0.2) is 35.7 Å². The van der Waals surface area contributed by atoms with Gasteiger partial charge in [0.15, 0.2) is 11.1 Å². The lowest BCUT2D eigenvalue weighted by Crippen LogP contribution is -2.62. The summed E-state index contributed by atoms with van der Waals surface area (Å²) in [6.07, 6.45) is 2.81. The molecule has 0 N–H and O–H groups in total. The molecular weight excluding hydrogens is 523 g/mol. The number of urea groups is 1. The number of aromatic nitrogens is 2. The van der Waals surface area contributed by atoms with E-state index in [0.29, 0.717) is 21.4 Å². The molecule has 30 heavy (non-hydrogen) atoms. The number of carbonyl (C=O) groups excluding carboxylic acids is 2. The molecule has 4 heterocycles. The van der Waals surface area contributed by atoms with Crippen molar-refractivity contribution in [2.45, 2.75) is 16.4 Å². The van der Waals surface area contributed by atoms with Gasteiger partial charge in [-0.25, -0.2) is 23.1 Å². The van der Waals surface area contributed by atoms with Crippen molar-refractivity contribution >= 4 is 50.1 Å². The van der Waals surface area contributed by atoms with Gasteiger partial charge in [-0.05, 0) is 40.8 Å². The number of rotatable bonds is 3. The highest BCUT2D eigenvalue weighted by Gasteiger charge is 2.75. The Morgan fingerprint density at radius 2 is 2.07 bits per heavy atom. The van der Waals surface area contributed by atoms with Crippen LogP contribution in [0, 0.1) is 14.9 Å². The number of amides is 3. The molecule has 10 nitrogen and oxygen atoms in total. The van der Waals surface area contributed by atoms with Crippen molar-refractivity contribution in [1.82, 2.24) is 14.5 Å². The molecule has 3 unspecified atom stereocenters. The second-order valence-electron chi connectivity index (χ2n) is 7.73.